The van der Waals surface area contributed by atoms with Gasteiger partial charge in [-0.25, -0.2) is 4.98 Å². The molecule has 5 nitrogen and oxygen atoms in total. The predicted molar refractivity (Wildman–Crippen MR) is 71.5 cm³/mol. The van der Waals surface area contributed by atoms with Crippen LogP contribution in [0.2, 0.25) is 0 Å². The molecule has 19 heavy (non-hydrogen) atoms. The highest BCUT2D eigenvalue weighted by Crippen LogP contribution is 2.41. The van der Waals surface area contributed by atoms with E-state index in [0.717, 1.165) is 5.01 Å². The average molecular weight is 279 g/mol. The Hall–Kier alpha value is -1.45. The molecule has 0 unspecified atom stereocenters. The van der Waals surface area contributed by atoms with E-state index in [1.807, 2.05) is 19.2 Å². The summed E-state index contributed by atoms with van der Waals surface area (Å²) in [6.07, 6.45) is 2.53. The highest BCUT2D eigenvalue weighted by molar-refractivity contribution is 7.09. The normalized spacial score (nSPS) is 30.4. The van der Waals surface area contributed by atoms with Gasteiger partial charge in [-0.1, -0.05) is 13.8 Å². The monoisotopic (exact) mass is 279 g/mol. The molecular weight excluding hydrogens is 262 g/mol. The van der Waals surface area contributed by atoms with Crippen molar-refractivity contribution in [3.05, 3.63) is 16.6 Å². The fourth-order valence-electron chi connectivity index (χ4n) is 2.77. The lowest BCUT2D eigenvalue weighted by atomic mass is 9.85. The van der Waals surface area contributed by atoms with Gasteiger partial charge in [-0.2, -0.15) is 5.26 Å². The summed E-state index contributed by atoms with van der Waals surface area (Å²) in [5, 5.41) is 24.6. The highest BCUT2D eigenvalue weighted by Gasteiger charge is 2.51. The molecule has 0 bridgehead atoms. The van der Waals surface area contributed by atoms with Crippen molar-refractivity contribution < 1.29 is 9.90 Å². The fraction of sp³-hybridized carbons (Fsp3) is 0.615. The maximum Gasteiger partial charge on any atom is 0.323 e. The first-order valence-electron chi connectivity index (χ1n) is 6.28. The summed E-state index contributed by atoms with van der Waals surface area (Å²) in [6.45, 7) is 3.98. The van der Waals surface area contributed by atoms with Gasteiger partial charge in [0.05, 0.1) is 18.0 Å². The first kappa shape index (κ1) is 14.0. The van der Waals surface area contributed by atoms with Crippen molar-refractivity contribution in [3.63, 3.8) is 0 Å². The number of aliphatic carboxylic acids is 1. The van der Waals surface area contributed by atoms with Crippen molar-refractivity contribution in [3.8, 4) is 6.07 Å². The molecule has 2 heterocycles. The van der Waals surface area contributed by atoms with E-state index in [4.69, 9.17) is 0 Å². The number of hydrogen-bond acceptors (Lipinski definition) is 5. The maximum absolute atomic E-state index is 11.6. The molecule has 0 aromatic carbocycles. The van der Waals surface area contributed by atoms with E-state index in [-0.39, 0.29) is 17.9 Å². The summed E-state index contributed by atoms with van der Waals surface area (Å²) in [6, 6.07) is 1.95. The summed E-state index contributed by atoms with van der Waals surface area (Å²) in [7, 11) is 0. The van der Waals surface area contributed by atoms with E-state index in [0.29, 0.717) is 12.8 Å². The highest BCUT2D eigenvalue weighted by atomic mass is 32.1. The smallest absolute Gasteiger partial charge is 0.323 e. The Labute approximate surface area is 116 Å². The van der Waals surface area contributed by atoms with Crippen molar-refractivity contribution in [2.45, 2.75) is 38.3 Å². The number of nitriles is 1. The minimum atomic E-state index is -1.01. The van der Waals surface area contributed by atoms with Crippen molar-refractivity contribution in [1.82, 2.24) is 10.3 Å². The van der Waals surface area contributed by atoms with Gasteiger partial charge in [0, 0.05) is 11.6 Å². The van der Waals surface area contributed by atoms with Gasteiger partial charge in [0.15, 0.2) is 0 Å². The average Bonchev–Trinajstić information content (AvgIpc) is 2.94. The molecule has 0 amide bonds. The van der Waals surface area contributed by atoms with Crippen LogP contribution in [0.1, 0.15) is 37.7 Å². The summed E-state index contributed by atoms with van der Waals surface area (Å²) in [5.41, 5.74) is -1.01. The van der Waals surface area contributed by atoms with Gasteiger partial charge in [0.25, 0.3) is 0 Å². The maximum atomic E-state index is 11.6. The van der Waals surface area contributed by atoms with Gasteiger partial charge >= 0.3 is 5.97 Å². The minimum absolute atomic E-state index is 0.248. The molecule has 6 heteroatoms. The third kappa shape index (κ3) is 2.62. The van der Waals surface area contributed by atoms with Crippen LogP contribution < -0.4 is 5.32 Å². The lowest BCUT2D eigenvalue weighted by molar-refractivity contribution is -0.145. The van der Waals surface area contributed by atoms with Gasteiger partial charge < -0.3 is 5.11 Å². The zero-order valence-electron chi connectivity index (χ0n) is 11.0. The number of carboxylic acids is 1. The second-order valence-electron chi connectivity index (χ2n) is 5.42. The van der Waals surface area contributed by atoms with Crippen molar-refractivity contribution in [1.29, 1.82) is 5.26 Å². The lowest BCUT2D eigenvalue weighted by Gasteiger charge is -2.27. The van der Waals surface area contributed by atoms with Gasteiger partial charge in [0.2, 0.25) is 0 Å². The Bertz CT molecular complexity index is 494. The zero-order valence-corrected chi connectivity index (χ0v) is 11.8. The molecule has 0 saturated carbocycles. The number of nitrogens with one attached hydrogen (secondary N) is 1. The summed E-state index contributed by atoms with van der Waals surface area (Å²) >= 11 is 1.45. The topological polar surface area (TPSA) is 86.0 Å². The Balaban J connectivity index is 2.30. The van der Waals surface area contributed by atoms with Crippen LogP contribution in [0, 0.1) is 23.2 Å². The molecule has 1 aromatic rings. The SMILES string of the molecule is CC(C)C[C@@]1(C(=O)O)C[C@@H](C#N)[C@H](c2nccs2)N1. The third-order valence-electron chi connectivity index (χ3n) is 3.45. The van der Waals surface area contributed by atoms with E-state index in [2.05, 4.69) is 16.4 Å². The number of rotatable bonds is 4. The molecule has 1 aromatic heterocycles. The van der Waals surface area contributed by atoms with Crippen LogP contribution in [0.4, 0.5) is 0 Å². The quantitative estimate of drug-likeness (QED) is 0.882. The standard InChI is InChI=1S/C13H17N3O2S/c1-8(2)5-13(12(17)18)6-9(7-14)10(16-13)11-15-3-4-19-11/h3-4,8-10,16H,5-6H2,1-2H3,(H,17,18)/t9-,10+,13-/m0/s1. The zero-order chi connectivity index (χ0) is 14.0. The van der Waals surface area contributed by atoms with E-state index in [1.54, 1.807) is 6.20 Å². The first-order chi connectivity index (χ1) is 8.98. The molecule has 102 valence electrons. The molecular formula is C13H17N3O2S. The van der Waals surface area contributed by atoms with Gasteiger partial charge in [0.1, 0.15) is 10.5 Å². The second kappa shape index (κ2) is 5.27. The van der Waals surface area contributed by atoms with Crippen LogP contribution in [-0.2, 0) is 4.79 Å². The number of thiazole rings is 1. The van der Waals surface area contributed by atoms with Crippen LogP contribution >= 0.6 is 11.3 Å². The summed E-state index contributed by atoms with van der Waals surface area (Å²) in [4.78, 5) is 15.9. The van der Waals surface area contributed by atoms with E-state index >= 15 is 0 Å². The van der Waals surface area contributed by atoms with E-state index in [1.165, 1.54) is 11.3 Å². The fourth-order valence-corrected chi connectivity index (χ4v) is 3.52. The van der Waals surface area contributed by atoms with E-state index < -0.39 is 11.5 Å². The van der Waals surface area contributed by atoms with Crippen LogP contribution in [0.25, 0.3) is 0 Å². The van der Waals surface area contributed by atoms with Crippen LogP contribution in [0.15, 0.2) is 11.6 Å². The number of nitrogens with zero attached hydrogens (tertiary/aromatic N) is 2. The van der Waals surface area contributed by atoms with Gasteiger partial charge in [-0.15, -0.1) is 11.3 Å². The number of hydrogen-bond donors (Lipinski definition) is 2. The Morgan fingerprint density at radius 2 is 2.53 bits per heavy atom. The van der Waals surface area contributed by atoms with Crippen molar-refractivity contribution >= 4 is 17.3 Å². The van der Waals surface area contributed by atoms with Crippen LogP contribution in [0.3, 0.4) is 0 Å². The molecule has 0 aliphatic carbocycles. The van der Waals surface area contributed by atoms with Crippen LogP contribution in [0.5, 0.6) is 0 Å². The molecule has 0 radical (unpaired) electrons. The first-order valence-corrected chi connectivity index (χ1v) is 7.16. The molecule has 2 rings (SSSR count). The Morgan fingerprint density at radius 1 is 1.79 bits per heavy atom. The lowest BCUT2D eigenvalue weighted by Crippen LogP contribution is -2.49. The number of aromatic nitrogens is 1. The Kier molecular flexibility index (Phi) is 3.88. The van der Waals surface area contributed by atoms with Crippen molar-refractivity contribution in [2.75, 3.05) is 0 Å². The minimum Gasteiger partial charge on any atom is -0.480 e. The largest absolute Gasteiger partial charge is 0.480 e. The van der Waals surface area contributed by atoms with Crippen LogP contribution in [-0.4, -0.2) is 21.6 Å². The van der Waals surface area contributed by atoms with E-state index in [9.17, 15) is 15.2 Å². The number of carbonyl (C=O) groups is 1. The van der Waals surface area contributed by atoms with Crippen molar-refractivity contribution in [2.24, 2.45) is 11.8 Å². The third-order valence-corrected chi connectivity index (χ3v) is 4.31. The predicted octanol–water partition coefficient (Wildman–Crippen LogP) is 2.19. The molecule has 1 aliphatic heterocycles. The van der Waals surface area contributed by atoms with Gasteiger partial charge in [-0.05, 0) is 18.8 Å². The molecule has 0 spiro atoms. The number of carboxylic acid groups (broad SMARTS) is 1. The molecule has 1 saturated heterocycles. The summed E-state index contributed by atoms with van der Waals surface area (Å²) < 4.78 is 0. The van der Waals surface area contributed by atoms with Gasteiger partial charge in [-0.3, -0.25) is 10.1 Å². The summed E-state index contributed by atoms with van der Waals surface area (Å²) in [5.74, 6) is -0.973. The Morgan fingerprint density at radius 3 is 3.00 bits per heavy atom. The molecule has 3 atom stereocenters. The molecule has 1 fully saturated rings. The molecule has 1 aliphatic rings. The molecule has 2 N–H and O–H groups in total. The second-order valence-corrected chi connectivity index (χ2v) is 6.34.